The van der Waals surface area contributed by atoms with Crippen LogP contribution in [0.5, 0.6) is 0 Å². The molecule has 0 aliphatic heterocycles. The standard InChI is InChI=1S/C15H26ClN3O/c1-5-12(6-2)13(16)9-18-14-15(20)19(8-7-17-14)10-11(3)4/h7-8,11-13H,5-6,9-10H2,1-4H3,(H,17,18). The number of anilines is 1. The zero-order valence-electron chi connectivity index (χ0n) is 12.9. The normalized spacial score (nSPS) is 12.9. The Morgan fingerprint density at radius 3 is 2.55 bits per heavy atom. The highest BCUT2D eigenvalue weighted by atomic mass is 35.5. The molecule has 1 aromatic heterocycles. The lowest BCUT2D eigenvalue weighted by Gasteiger charge is -2.19. The second-order valence-electron chi connectivity index (χ2n) is 5.60. The molecule has 0 spiro atoms. The fourth-order valence-corrected chi connectivity index (χ4v) is 2.70. The Kier molecular flexibility index (Phi) is 7.06. The van der Waals surface area contributed by atoms with Gasteiger partial charge < -0.3 is 9.88 Å². The first-order valence-corrected chi connectivity index (χ1v) is 7.86. The average molecular weight is 300 g/mol. The topological polar surface area (TPSA) is 46.9 Å². The predicted molar refractivity (Wildman–Crippen MR) is 85.5 cm³/mol. The third kappa shape index (κ3) is 4.82. The highest BCUT2D eigenvalue weighted by Gasteiger charge is 2.16. The zero-order chi connectivity index (χ0) is 15.1. The van der Waals surface area contributed by atoms with Crippen LogP contribution in [0.4, 0.5) is 5.82 Å². The minimum atomic E-state index is -0.0744. The summed E-state index contributed by atoms with van der Waals surface area (Å²) >= 11 is 6.37. The number of aromatic nitrogens is 2. The fraction of sp³-hybridized carbons (Fsp3) is 0.733. The Morgan fingerprint density at radius 2 is 2.00 bits per heavy atom. The third-order valence-corrected chi connectivity index (χ3v) is 4.01. The summed E-state index contributed by atoms with van der Waals surface area (Å²) in [6.45, 7) is 9.72. The van der Waals surface area contributed by atoms with Gasteiger partial charge in [0.1, 0.15) is 0 Å². The van der Waals surface area contributed by atoms with Crippen LogP contribution in [0.2, 0.25) is 0 Å². The molecule has 0 saturated carbocycles. The van der Waals surface area contributed by atoms with E-state index in [-0.39, 0.29) is 10.9 Å². The van der Waals surface area contributed by atoms with Crippen molar-refractivity contribution >= 4 is 17.4 Å². The van der Waals surface area contributed by atoms with Crippen LogP contribution in [0, 0.1) is 11.8 Å². The minimum absolute atomic E-state index is 0.0185. The van der Waals surface area contributed by atoms with Gasteiger partial charge in [0.25, 0.3) is 5.56 Å². The molecule has 1 heterocycles. The van der Waals surface area contributed by atoms with Gasteiger partial charge in [-0.3, -0.25) is 4.79 Å². The molecule has 0 aliphatic carbocycles. The van der Waals surface area contributed by atoms with Crippen molar-refractivity contribution in [2.45, 2.75) is 52.5 Å². The number of alkyl halides is 1. The minimum Gasteiger partial charge on any atom is -0.364 e. The van der Waals surface area contributed by atoms with Crippen molar-refractivity contribution in [3.05, 3.63) is 22.7 Å². The number of nitrogens with one attached hydrogen (secondary N) is 1. The Bertz CT molecular complexity index is 455. The second-order valence-corrected chi connectivity index (χ2v) is 6.16. The molecule has 114 valence electrons. The number of hydrogen-bond acceptors (Lipinski definition) is 3. The van der Waals surface area contributed by atoms with Crippen molar-refractivity contribution in [1.82, 2.24) is 9.55 Å². The van der Waals surface area contributed by atoms with Crippen molar-refractivity contribution in [3.8, 4) is 0 Å². The Balaban J connectivity index is 2.71. The van der Waals surface area contributed by atoms with Crippen molar-refractivity contribution in [2.75, 3.05) is 11.9 Å². The number of rotatable bonds is 8. The summed E-state index contributed by atoms with van der Waals surface area (Å²) in [6, 6.07) is 0. The monoisotopic (exact) mass is 299 g/mol. The molecule has 1 atom stereocenters. The lowest BCUT2D eigenvalue weighted by atomic mass is 9.99. The highest BCUT2D eigenvalue weighted by Crippen LogP contribution is 2.18. The smallest absolute Gasteiger partial charge is 0.293 e. The number of hydrogen-bond donors (Lipinski definition) is 1. The molecule has 0 fully saturated rings. The molecular weight excluding hydrogens is 274 g/mol. The summed E-state index contributed by atoms with van der Waals surface area (Å²) in [5.41, 5.74) is -0.0744. The van der Waals surface area contributed by atoms with E-state index in [1.54, 1.807) is 17.0 Å². The lowest BCUT2D eigenvalue weighted by molar-refractivity contribution is 0.474. The van der Waals surface area contributed by atoms with Gasteiger partial charge >= 0.3 is 0 Å². The largest absolute Gasteiger partial charge is 0.364 e. The van der Waals surface area contributed by atoms with Crippen LogP contribution in [0.15, 0.2) is 17.2 Å². The van der Waals surface area contributed by atoms with Gasteiger partial charge in [0, 0.05) is 25.5 Å². The highest BCUT2D eigenvalue weighted by molar-refractivity contribution is 6.21. The van der Waals surface area contributed by atoms with Crippen molar-refractivity contribution in [1.29, 1.82) is 0 Å². The van der Waals surface area contributed by atoms with E-state index in [1.165, 1.54) is 0 Å². The molecule has 1 unspecified atom stereocenters. The molecule has 1 rings (SSSR count). The molecule has 0 saturated heterocycles. The van der Waals surface area contributed by atoms with Gasteiger partial charge in [-0.1, -0.05) is 40.5 Å². The molecule has 1 aromatic rings. The van der Waals surface area contributed by atoms with Gasteiger partial charge in [0.15, 0.2) is 5.82 Å². The van der Waals surface area contributed by atoms with Crippen molar-refractivity contribution in [3.63, 3.8) is 0 Å². The van der Waals surface area contributed by atoms with Crippen molar-refractivity contribution in [2.24, 2.45) is 11.8 Å². The molecule has 0 aromatic carbocycles. The maximum Gasteiger partial charge on any atom is 0.293 e. The van der Waals surface area contributed by atoms with E-state index in [0.29, 0.717) is 30.7 Å². The van der Waals surface area contributed by atoms with E-state index in [9.17, 15) is 4.79 Å². The first kappa shape index (κ1) is 17.0. The maximum atomic E-state index is 12.2. The zero-order valence-corrected chi connectivity index (χ0v) is 13.7. The summed E-state index contributed by atoms with van der Waals surface area (Å²) in [5.74, 6) is 1.28. The Hall–Kier alpha value is -1.03. The van der Waals surface area contributed by atoms with E-state index < -0.39 is 0 Å². The lowest BCUT2D eigenvalue weighted by Crippen LogP contribution is -2.29. The van der Waals surface area contributed by atoms with Gasteiger partial charge in [-0.05, 0) is 11.8 Å². The van der Waals surface area contributed by atoms with Gasteiger partial charge in [-0.25, -0.2) is 4.98 Å². The summed E-state index contributed by atoms with van der Waals surface area (Å²) in [7, 11) is 0. The maximum absolute atomic E-state index is 12.2. The molecule has 0 bridgehead atoms. The quantitative estimate of drug-likeness (QED) is 0.749. The molecule has 4 nitrogen and oxygen atoms in total. The Labute approximate surface area is 126 Å². The second kappa shape index (κ2) is 8.30. The van der Waals surface area contributed by atoms with E-state index in [1.807, 2.05) is 0 Å². The van der Waals surface area contributed by atoms with E-state index in [4.69, 9.17) is 11.6 Å². The van der Waals surface area contributed by atoms with Crippen LogP contribution in [0.25, 0.3) is 0 Å². The predicted octanol–water partition coefficient (Wildman–Crippen LogP) is 3.35. The Morgan fingerprint density at radius 1 is 1.35 bits per heavy atom. The van der Waals surface area contributed by atoms with Crippen molar-refractivity contribution < 1.29 is 0 Å². The van der Waals surface area contributed by atoms with Crippen LogP contribution in [-0.4, -0.2) is 21.5 Å². The van der Waals surface area contributed by atoms with Crippen LogP contribution in [0.3, 0.4) is 0 Å². The molecule has 20 heavy (non-hydrogen) atoms. The summed E-state index contributed by atoms with van der Waals surface area (Å²) in [6.07, 6.45) is 5.48. The van der Waals surface area contributed by atoms with Crippen LogP contribution in [-0.2, 0) is 6.54 Å². The van der Waals surface area contributed by atoms with E-state index in [0.717, 1.165) is 12.8 Å². The first-order valence-electron chi connectivity index (χ1n) is 7.42. The average Bonchev–Trinajstić information content (AvgIpc) is 2.40. The first-order chi connectivity index (χ1) is 9.49. The molecule has 0 amide bonds. The fourth-order valence-electron chi connectivity index (χ4n) is 2.27. The van der Waals surface area contributed by atoms with E-state index >= 15 is 0 Å². The summed E-state index contributed by atoms with van der Waals surface area (Å²) in [5, 5.41) is 3.12. The van der Waals surface area contributed by atoms with Gasteiger partial charge in [-0.15, -0.1) is 11.6 Å². The molecular formula is C15H26ClN3O. The number of halogens is 1. The third-order valence-electron chi connectivity index (χ3n) is 3.50. The molecule has 1 N–H and O–H groups in total. The number of nitrogens with zero attached hydrogens (tertiary/aromatic N) is 2. The van der Waals surface area contributed by atoms with Crippen LogP contribution < -0.4 is 10.9 Å². The molecule has 0 aliphatic rings. The van der Waals surface area contributed by atoms with E-state index in [2.05, 4.69) is 38.0 Å². The van der Waals surface area contributed by atoms with Gasteiger partial charge in [0.05, 0.1) is 5.38 Å². The SMILES string of the molecule is CCC(CC)C(Cl)CNc1nccn(CC(C)C)c1=O. The van der Waals surface area contributed by atoms with Crippen LogP contribution in [0.1, 0.15) is 40.5 Å². The molecule has 5 heteroatoms. The molecule has 0 radical (unpaired) electrons. The summed E-state index contributed by atoms with van der Waals surface area (Å²) < 4.78 is 1.69. The van der Waals surface area contributed by atoms with Gasteiger partial charge in [0.2, 0.25) is 0 Å². The summed E-state index contributed by atoms with van der Waals surface area (Å²) in [4.78, 5) is 16.3. The van der Waals surface area contributed by atoms with Gasteiger partial charge in [-0.2, -0.15) is 0 Å². The van der Waals surface area contributed by atoms with Crippen LogP contribution >= 0.6 is 11.6 Å².